The molecule has 2 bridgehead atoms. The summed E-state index contributed by atoms with van der Waals surface area (Å²) >= 11 is 0. The van der Waals surface area contributed by atoms with Gasteiger partial charge in [-0.15, -0.1) is 6.58 Å². The van der Waals surface area contributed by atoms with Crippen molar-refractivity contribution in [1.82, 2.24) is 5.32 Å². The van der Waals surface area contributed by atoms with Crippen molar-refractivity contribution in [3.63, 3.8) is 0 Å². The molecule has 0 aromatic carbocycles. The first-order chi connectivity index (χ1) is 7.72. The van der Waals surface area contributed by atoms with Crippen LogP contribution in [-0.2, 0) is 0 Å². The van der Waals surface area contributed by atoms with Gasteiger partial charge in [0.25, 0.3) is 0 Å². The Hall–Kier alpha value is -0.340. The molecular weight excluding hydrogens is 198 g/mol. The van der Waals surface area contributed by atoms with Crippen LogP contribution in [0.2, 0.25) is 0 Å². The summed E-state index contributed by atoms with van der Waals surface area (Å²) in [6.45, 7) is 3.74. The van der Waals surface area contributed by atoms with E-state index in [2.05, 4.69) is 11.9 Å². The van der Waals surface area contributed by atoms with E-state index < -0.39 is 0 Å². The van der Waals surface area contributed by atoms with Gasteiger partial charge < -0.3 is 10.4 Å². The molecular formula is C14H25NO. The Morgan fingerprint density at radius 2 is 1.94 bits per heavy atom. The average Bonchev–Trinajstić information content (AvgIpc) is 2.24. The Kier molecular flexibility index (Phi) is 4.04. The minimum absolute atomic E-state index is 0.373. The lowest BCUT2D eigenvalue weighted by Gasteiger charge is -2.45. The SMILES string of the molecule is C=CCCCCC1(O)CC2CCCC(C1)N2. The first-order valence-corrected chi connectivity index (χ1v) is 6.81. The molecule has 0 aliphatic carbocycles. The fraction of sp³-hybridized carbons (Fsp3) is 0.857. The van der Waals surface area contributed by atoms with E-state index in [1.54, 1.807) is 0 Å². The third-order valence-electron chi connectivity index (χ3n) is 4.13. The van der Waals surface area contributed by atoms with E-state index in [-0.39, 0.29) is 5.60 Å². The van der Waals surface area contributed by atoms with Crippen LogP contribution in [0.1, 0.15) is 57.8 Å². The van der Waals surface area contributed by atoms with E-state index in [0.717, 1.165) is 32.1 Å². The largest absolute Gasteiger partial charge is 0.390 e. The van der Waals surface area contributed by atoms with Crippen LogP contribution in [0.15, 0.2) is 12.7 Å². The van der Waals surface area contributed by atoms with E-state index >= 15 is 0 Å². The second-order valence-corrected chi connectivity index (χ2v) is 5.66. The number of fused-ring (bicyclic) bond motifs is 2. The molecule has 0 aromatic rings. The smallest absolute Gasteiger partial charge is 0.0677 e. The summed E-state index contributed by atoms with van der Waals surface area (Å²) in [5.74, 6) is 0. The number of nitrogens with one attached hydrogen (secondary N) is 1. The zero-order valence-electron chi connectivity index (χ0n) is 10.3. The maximum atomic E-state index is 10.6. The standard InChI is InChI=1S/C14H25NO/c1-2-3-4-5-9-14(16)10-12-7-6-8-13(11-14)15-12/h2,12-13,15-16H,1,3-11H2. The lowest BCUT2D eigenvalue weighted by atomic mass is 9.75. The van der Waals surface area contributed by atoms with E-state index in [1.807, 2.05) is 6.08 Å². The van der Waals surface area contributed by atoms with Crippen LogP contribution in [0.3, 0.4) is 0 Å². The zero-order chi connectivity index (χ0) is 11.4. The lowest BCUT2D eigenvalue weighted by molar-refractivity contribution is -0.0386. The summed E-state index contributed by atoms with van der Waals surface area (Å²) in [6, 6.07) is 1.16. The van der Waals surface area contributed by atoms with Crippen LogP contribution < -0.4 is 5.32 Å². The molecule has 2 atom stereocenters. The quantitative estimate of drug-likeness (QED) is 0.555. The molecule has 2 nitrogen and oxygen atoms in total. The van der Waals surface area contributed by atoms with Crippen molar-refractivity contribution >= 4 is 0 Å². The molecule has 2 unspecified atom stereocenters. The maximum absolute atomic E-state index is 10.6. The molecule has 0 saturated carbocycles. The van der Waals surface area contributed by atoms with Gasteiger partial charge >= 0.3 is 0 Å². The fourth-order valence-corrected chi connectivity index (χ4v) is 3.38. The van der Waals surface area contributed by atoms with Crippen molar-refractivity contribution in [1.29, 1.82) is 0 Å². The highest BCUT2D eigenvalue weighted by Crippen LogP contribution is 2.35. The lowest BCUT2D eigenvalue weighted by Crippen LogP contribution is -2.55. The third-order valence-corrected chi connectivity index (χ3v) is 4.13. The maximum Gasteiger partial charge on any atom is 0.0677 e. The molecule has 2 N–H and O–H groups in total. The fourth-order valence-electron chi connectivity index (χ4n) is 3.38. The zero-order valence-corrected chi connectivity index (χ0v) is 10.3. The molecule has 0 amide bonds. The highest BCUT2D eigenvalue weighted by Gasteiger charge is 2.39. The monoisotopic (exact) mass is 223 g/mol. The first-order valence-electron chi connectivity index (χ1n) is 6.81. The minimum atomic E-state index is -0.373. The van der Waals surface area contributed by atoms with Gasteiger partial charge in [0.1, 0.15) is 0 Å². The van der Waals surface area contributed by atoms with Gasteiger partial charge in [-0.3, -0.25) is 0 Å². The van der Waals surface area contributed by atoms with Crippen LogP contribution in [0.5, 0.6) is 0 Å². The van der Waals surface area contributed by atoms with Crippen LogP contribution in [0.25, 0.3) is 0 Å². The van der Waals surface area contributed by atoms with E-state index in [0.29, 0.717) is 12.1 Å². The van der Waals surface area contributed by atoms with E-state index in [4.69, 9.17) is 0 Å². The van der Waals surface area contributed by atoms with Gasteiger partial charge in [-0.25, -0.2) is 0 Å². The van der Waals surface area contributed by atoms with Crippen molar-refractivity contribution in [2.24, 2.45) is 0 Å². The summed E-state index contributed by atoms with van der Waals surface area (Å²) in [5.41, 5.74) is -0.373. The van der Waals surface area contributed by atoms with Crippen molar-refractivity contribution in [2.45, 2.75) is 75.5 Å². The Labute approximate surface area is 99.1 Å². The Morgan fingerprint density at radius 3 is 2.56 bits per heavy atom. The van der Waals surface area contributed by atoms with Crippen LogP contribution >= 0.6 is 0 Å². The van der Waals surface area contributed by atoms with E-state index in [9.17, 15) is 5.11 Å². The third kappa shape index (κ3) is 3.08. The summed E-state index contributed by atoms with van der Waals surface area (Å²) in [6.07, 6.45) is 12.1. The Balaban J connectivity index is 1.80. The van der Waals surface area contributed by atoms with Gasteiger partial charge in [0.15, 0.2) is 0 Å². The Bertz CT molecular complexity index is 227. The molecule has 2 heteroatoms. The summed E-state index contributed by atoms with van der Waals surface area (Å²) in [5, 5.41) is 14.2. The normalized spacial score (nSPS) is 38.3. The van der Waals surface area contributed by atoms with Crippen molar-refractivity contribution in [3.8, 4) is 0 Å². The van der Waals surface area contributed by atoms with Crippen LogP contribution in [0, 0.1) is 0 Å². The second kappa shape index (κ2) is 5.33. The molecule has 2 aliphatic heterocycles. The van der Waals surface area contributed by atoms with Crippen LogP contribution in [0.4, 0.5) is 0 Å². The highest BCUT2D eigenvalue weighted by atomic mass is 16.3. The number of unbranched alkanes of at least 4 members (excludes halogenated alkanes) is 2. The minimum Gasteiger partial charge on any atom is -0.390 e. The molecule has 92 valence electrons. The summed E-state index contributed by atoms with van der Waals surface area (Å²) in [7, 11) is 0. The van der Waals surface area contributed by atoms with Gasteiger partial charge in [0.2, 0.25) is 0 Å². The predicted octanol–water partition coefficient (Wildman–Crippen LogP) is 2.77. The van der Waals surface area contributed by atoms with Gasteiger partial charge in [-0.2, -0.15) is 0 Å². The van der Waals surface area contributed by atoms with Gasteiger partial charge in [0, 0.05) is 12.1 Å². The van der Waals surface area contributed by atoms with Crippen molar-refractivity contribution in [2.75, 3.05) is 0 Å². The average molecular weight is 223 g/mol. The van der Waals surface area contributed by atoms with E-state index in [1.165, 1.54) is 25.7 Å². The number of aliphatic hydroxyl groups is 1. The number of piperidine rings is 2. The highest BCUT2D eigenvalue weighted by molar-refractivity contribution is 4.97. The molecule has 2 rings (SSSR count). The topological polar surface area (TPSA) is 32.3 Å². The molecule has 2 heterocycles. The summed E-state index contributed by atoms with van der Waals surface area (Å²) in [4.78, 5) is 0. The molecule has 2 aliphatic rings. The summed E-state index contributed by atoms with van der Waals surface area (Å²) < 4.78 is 0. The van der Waals surface area contributed by atoms with Crippen molar-refractivity contribution < 1.29 is 5.11 Å². The molecule has 2 fully saturated rings. The molecule has 0 spiro atoms. The number of hydrogen-bond acceptors (Lipinski definition) is 2. The first kappa shape index (κ1) is 12.1. The second-order valence-electron chi connectivity index (χ2n) is 5.66. The number of allylic oxidation sites excluding steroid dienone is 1. The van der Waals surface area contributed by atoms with Gasteiger partial charge in [-0.1, -0.05) is 18.9 Å². The number of rotatable bonds is 5. The molecule has 2 saturated heterocycles. The Morgan fingerprint density at radius 1 is 1.25 bits per heavy atom. The van der Waals surface area contributed by atoms with Gasteiger partial charge in [0.05, 0.1) is 5.60 Å². The van der Waals surface area contributed by atoms with Crippen molar-refractivity contribution in [3.05, 3.63) is 12.7 Å². The molecule has 0 aromatic heterocycles. The molecule has 0 radical (unpaired) electrons. The van der Waals surface area contributed by atoms with Crippen LogP contribution in [-0.4, -0.2) is 22.8 Å². The molecule has 16 heavy (non-hydrogen) atoms. The van der Waals surface area contributed by atoms with Gasteiger partial charge in [-0.05, 0) is 44.9 Å². The number of hydrogen-bond donors (Lipinski definition) is 2. The predicted molar refractivity (Wildman–Crippen MR) is 67.4 cm³/mol.